The molecule has 0 spiro atoms. The van der Waals surface area contributed by atoms with Gasteiger partial charge < -0.3 is 20.1 Å². The Labute approximate surface area is 126 Å². The molecule has 0 atom stereocenters. The van der Waals surface area contributed by atoms with Gasteiger partial charge in [0.15, 0.2) is 0 Å². The standard InChI is InChI=1S/C17H24O4/c1-3-6-14-8-5-9-16(15(14)7-4-2)21-13-17(10-18,11-19)12-20/h3-5,8-9,18-20H,1-2,6-7,10-13H2. The molecule has 1 rings (SSSR count). The number of rotatable bonds is 10. The summed E-state index contributed by atoms with van der Waals surface area (Å²) in [5, 5.41) is 28.0. The molecule has 1 aromatic rings. The van der Waals surface area contributed by atoms with Crippen molar-refractivity contribution in [1.82, 2.24) is 0 Å². The second-order valence-electron chi connectivity index (χ2n) is 5.14. The maximum absolute atomic E-state index is 9.34. The van der Waals surface area contributed by atoms with Gasteiger partial charge in [-0.05, 0) is 24.5 Å². The van der Waals surface area contributed by atoms with Crippen molar-refractivity contribution in [1.29, 1.82) is 0 Å². The summed E-state index contributed by atoms with van der Waals surface area (Å²) in [7, 11) is 0. The maximum atomic E-state index is 9.34. The Hall–Kier alpha value is -1.62. The van der Waals surface area contributed by atoms with E-state index in [9.17, 15) is 15.3 Å². The van der Waals surface area contributed by atoms with E-state index in [4.69, 9.17) is 4.74 Å². The lowest BCUT2D eigenvalue weighted by Crippen LogP contribution is -2.40. The quantitative estimate of drug-likeness (QED) is 0.571. The highest BCUT2D eigenvalue weighted by Gasteiger charge is 2.29. The van der Waals surface area contributed by atoms with Crippen molar-refractivity contribution in [3.05, 3.63) is 54.6 Å². The van der Waals surface area contributed by atoms with Gasteiger partial charge in [-0.1, -0.05) is 24.3 Å². The van der Waals surface area contributed by atoms with Gasteiger partial charge in [0, 0.05) is 5.56 Å². The third-order valence-electron chi connectivity index (χ3n) is 3.48. The lowest BCUT2D eigenvalue weighted by Gasteiger charge is -2.28. The van der Waals surface area contributed by atoms with E-state index in [1.807, 2.05) is 24.3 Å². The molecular weight excluding hydrogens is 268 g/mol. The zero-order chi connectivity index (χ0) is 15.7. The highest BCUT2D eigenvalue weighted by atomic mass is 16.5. The van der Waals surface area contributed by atoms with Crippen LogP contribution in [-0.4, -0.2) is 41.7 Å². The van der Waals surface area contributed by atoms with Gasteiger partial charge in [-0.15, -0.1) is 13.2 Å². The molecule has 3 N–H and O–H groups in total. The summed E-state index contributed by atoms with van der Waals surface area (Å²) < 4.78 is 5.75. The monoisotopic (exact) mass is 292 g/mol. The fourth-order valence-electron chi connectivity index (χ4n) is 1.99. The van der Waals surface area contributed by atoms with E-state index in [1.165, 1.54) is 0 Å². The van der Waals surface area contributed by atoms with Crippen LogP contribution >= 0.6 is 0 Å². The first kappa shape index (κ1) is 17.4. The number of aliphatic hydroxyl groups is 3. The molecule has 4 heteroatoms. The number of ether oxygens (including phenoxy) is 1. The van der Waals surface area contributed by atoms with Crippen LogP contribution in [0.25, 0.3) is 0 Å². The summed E-state index contributed by atoms with van der Waals surface area (Å²) in [5.41, 5.74) is 1.07. The minimum absolute atomic E-state index is 0.0399. The molecule has 0 amide bonds. The average molecular weight is 292 g/mol. The molecule has 0 radical (unpaired) electrons. The Morgan fingerprint density at radius 1 is 1.00 bits per heavy atom. The van der Waals surface area contributed by atoms with Crippen LogP contribution in [0.15, 0.2) is 43.5 Å². The summed E-state index contributed by atoms with van der Waals surface area (Å²) >= 11 is 0. The number of aliphatic hydroxyl groups excluding tert-OH is 3. The van der Waals surface area contributed by atoms with Crippen LogP contribution in [0.5, 0.6) is 5.75 Å². The molecule has 21 heavy (non-hydrogen) atoms. The van der Waals surface area contributed by atoms with Crippen LogP contribution in [0.4, 0.5) is 0 Å². The Balaban J connectivity index is 2.98. The van der Waals surface area contributed by atoms with Crippen molar-refractivity contribution in [3.8, 4) is 5.75 Å². The van der Waals surface area contributed by atoms with Crippen molar-refractivity contribution in [2.45, 2.75) is 12.8 Å². The summed E-state index contributed by atoms with van der Waals surface area (Å²) in [5.74, 6) is 0.675. The van der Waals surface area contributed by atoms with E-state index in [0.29, 0.717) is 12.2 Å². The van der Waals surface area contributed by atoms with Gasteiger partial charge in [0.25, 0.3) is 0 Å². The summed E-state index contributed by atoms with van der Waals surface area (Å²) in [4.78, 5) is 0. The van der Waals surface area contributed by atoms with Crippen LogP contribution in [0.1, 0.15) is 11.1 Å². The second kappa shape index (κ2) is 8.62. The van der Waals surface area contributed by atoms with Crippen LogP contribution < -0.4 is 4.74 Å². The van der Waals surface area contributed by atoms with Crippen LogP contribution in [0, 0.1) is 5.41 Å². The van der Waals surface area contributed by atoms with Gasteiger partial charge in [0.05, 0.1) is 25.2 Å². The lowest BCUT2D eigenvalue weighted by molar-refractivity contribution is -0.0260. The molecule has 116 valence electrons. The van der Waals surface area contributed by atoms with Crippen molar-refractivity contribution in [2.24, 2.45) is 5.41 Å². The predicted octanol–water partition coefficient (Wildman–Crippen LogP) is 1.49. The molecule has 1 aromatic carbocycles. The van der Waals surface area contributed by atoms with Gasteiger partial charge in [-0.25, -0.2) is 0 Å². The molecule has 0 heterocycles. The van der Waals surface area contributed by atoms with Crippen LogP contribution in [-0.2, 0) is 12.8 Å². The molecule has 0 unspecified atom stereocenters. The number of benzene rings is 1. The fraction of sp³-hybridized carbons (Fsp3) is 0.412. The Morgan fingerprint density at radius 3 is 2.14 bits per heavy atom. The van der Waals surface area contributed by atoms with Gasteiger partial charge >= 0.3 is 0 Å². The van der Waals surface area contributed by atoms with E-state index in [-0.39, 0.29) is 26.4 Å². The Bertz CT molecular complexity index is 456. The Morgan fingerprint density at radius 2 is 1.62 bits per heavy atom. The molecule has 0 aliphatic carbocycles. The van der Waals surface area contributed by atoms with E-state index in [2.05, 4.69) is 13.2 Å². The van der Waals surface area contributed by atoms with Crippen molar-refractivity contribution >= 4 is 0 Å². The minimum Gasteiger partial charge on any atom is -0.492 e. The molecule has 0 fully saturated rings. The SMILES string of the molecule is C=CCc1cccc(OCC(CO)(CO)CO)c1CC=C. The molecule has 0 aliphatic rings. The topological polar surface area (TPSA) is 69.9 Å². The third-order valence-corrected chi connectivity index (χ3v) is 3.48. The first-order chi connectivity index (χ1) is 10.2. The summed E-state index contributed by atoms with van der Waals surface area (Å²) in [6, 6.07) is 5.73. The van der Waals surface area contributed by atoms with Gasteiger partial charge in [-0.2, -0.15) is 0 Å². The zero-order valence-corrected chi connectivity index (χ0v) is 12.3. The van der Waals surface area contributed by atoms with Crippen molar-refractivity contribution < 1.29 is 20.1 Å². The number of allylic oxidation sites excluding steroid dienone is 2. The predicted molar refractivity (Wildman–Crippen MR) is 83.4 cm³/mol. The van der Waals surface area contributed by atoms with Gasteiger partial charge in [-0.3, -0.25) is 0 Å². The molecule has 4 nitrogen and oxygen atoms in total. The largest absolute Gasteiger partial charge is 0.492 e. The summed E-state index contributed by atoms with van der Waals surface area (Å²) in [6.07, 6.45) is 5.01. The number of hydrogen-bond acceptors (Lipinski definition) is 4. The first-order valence-corrected chi connectivity index (χ1v) is 6.94. The molecule has 0 bridgehead atoms. The van der Waals surface area contributed by atoms with E-state index in [1.54, 1.807) is 6.08 Å². The maximum Gasteiger partial charge on any atom is 0.123 e. The lowest BCUT2D eigenvalue weighted by atomic mass is 9.92. The van der Waals surface area contributed by atoms with E-state index >= 15 is 0 Å². The average Bonchev–Trinajstić information content (AvgIpc) is 2.52. The smallest absolute Gasteiger partial charge is 0.123 e. The van der Waals surface area contributed by atoms with Crippen molar-refractivity contribution in [3.63, 3.8) is 0 Å². The second-order valence-corrected chi connectivity index (χ2v) is 5.14. The van der Waals surface area contributed by atoms with Gasteiger partial charge in [0.2, 0.25) is 0 Å². The molecule has 0 aliphatic heterocycles. The van der Waals surface area contributed by atoms with Crippen molar-refractivity contribution in [2.75, 3.05) is 26.4 Å². The normalized spacial score (nSPS) is 11.2. The number of hydrogen-bond donors (Lipinski definition) is 3. The van der Waals surface area contributed by atoms with E-state index in [0.717, 1.165) is 17.5 Å². The molecule has 0 saturated carbocycles. The zero-order valence-electron chi connectivity index (χ0n) is 12.3. The highest BCUT2D eigenvalue weighted by molar-refractivity contribution is 5.42. The van der Waals surface area contributed by atoms with E-state index < -0.39 is 5.41 Å². The highest BCUT2D eigenvalue weighted by Crippen LogP contribution is 2.26. The van der Waals surface area contributed by atoms with Gasteiger partial charge in [0.1, 0.15) is 12.4 Å². The third kappa shape index (κ3) is 4.43. The molecule has 0 aromatic heterocycles. The fourth-order valence-corrected chi connectivity index (χ4v) is 1.99. The summed E-state index contributed by atoms with van der Waals surface area (Å²) in [6.45, 7) is 6.51. The minimum atomic E-state index is -1.04. The van der Waals surface area contributed by atoms with Crippen LogP contribution in [0.3, 0.4) is 0 Å². The van der Waals surface area contributed by atoms with Crippen LogP contribution in [0.2, 0.25) is 0 Å². The first-order valence-electron chi connectivity index (χ1n) is 6.94. The molecular formula is C17H24O4. The Kier molecular flexibility index (Phi) is 7.15. The molecule has 0 saturated heterocycles.